The van der Waals surface area contributed by atoms with Crippen LogP contribution in [0.2, 0.25) is 5.02 Å². The lowest BCUT2D eigenvalue weighted by atomic mass is 10.1. The van der Waals surface area contributed by atoms with Gasteiger partial charge in [-0.15, -0.1) is 0 Å². The van der Waals surface area contributed by atoms with E-state index in [0.29, 0.717) is 0 Å². The molecule has 0 saturated heterocycles. The summed E-state index contributed by atoms with van der Waals surface area (Å²) in [6, 6.07) is 6.42. The first-order chi connectivity index (χ1) is 9.37. The molecule has 0 fully saturated rings. The minimum Gasteiger partial charge on any atom is -0.371 e. The number of nitrogens with zero attached hydrogens (tertiary/aromatic N) is 1. The lowest BCUT2D eigenvalue weighted by molar-refractivity contribution is 0.424. The van der Waals surface area contributed by atoms with Crippen molar-refractivity contribution in [1.29, 1.82) is 0 Å². The number of halogens is 1. The SMILES string of the molecule is CCCCN(CC)c1ccc(CNC(C)(C)C)cc1Cl. The molecule has 0 saturated carbocycles. The van der Waals surface area contributed by atoms with Gasteiger partial charge in [0.1, 0.15) is 0 Å². The van der Waals surface area contributed by atoms with Gasteiger partial charge in [0.25, 0.3) is 0 Å². The molecule has 0 spiro atoms. The maximum atomic E-state index is 6.46. The van der Waals surface area contributed by atoms with E-state index in [2.05, 4.69) is 63.0 Å². The van der Waals surface area contributed by atoms with Crippen LogP contribution in [0, 0.1) is 0 Å². The Balaban J connectivity index is 2.76. The third kappa shape index (κ3) is 5.72. The van der Waals surface area contributed by atoms with E-state index in [-0.39, 0.29) is 5.54 Å². The lowest BCUT2D eigenvalue weighted by Gasteiger charge is -2.25. The van der Waals surface area contributed by atoms with Gasteiger partial charge in [0.15, 0.2) is 0 Å². The maximum absolute atomic E-state index is 6.46. The Hall–Kier alpha value is -0.730. The first-order valence-electron chi connectivity index (χ1n) is 7.65. The number of nitrogens with one attached hydrogen (secondary N) is 1. The first-order valence-corrected chi connectivity index (χ1v) is 8.03. The fraction of sp³-hybridized carbons (Fsp3) is 0.647. The predicted molar refractivity (Wildman–Crippen MR) is 90.8 cm³/mol. The van der Waals surface area contributed by atoms with Gasteiger partial charge in [-0.25, -0.2) is 0 Å². The molecule has 20 heavy (non-hydrogen) atoms. The van der Waals surface area contributed by atoms with E-state index in [9.17, 15) is 0 Å². The molecule has 0 bridgehead atoms. The number of hydrogen-bond donors (Lipinski definition) is 1. The normalized spacial score (nSPS) is 11.7. The fourth-order valence-corrected chi connectivity index (χ4v) is 2.40. The van der Waals surface area contributed by atoms with Crippen LogP contribution in [-0.2, 0) is 6.54 Å². The van der Waals surface area contributed by atoms with Crippen molar-refractivity contribution in [3.63, 3.8) is 0 Å². The van der Waals surface area contributed by atoms with Gasteiger partial charge in [0.05, 0.1) is 10.7 Å². The molecule has 0 aliphatic heterocycles. The second kappa shape index (κ2) is 7.90. The van der Waals surface area contributed by atoms with Crippen molar-refractivity contribution >= 4 is 17.3 Å². The Kier molecular flexibility index (Phi) is 6.84. The van der Waals surface area contributed by atoms with Gasteiger partial charge >= 0.3 is 0 Å². The molecule has 0 unspecified atom stereocenters. The summed E-state index contributed by atoms with van der Waals surface area (Å²) in [5, 5.41) is 4.35. The molecule has 0 aliphatic carbocycles. The minimum atomic E-state index is 0.127. The van der Waals surface area contributed by atoms with Gasteiger partial charge < -0.3 is 10.2 Å². The van der Waals surface area contributed by atoms with Gasteiger partial charge in [-0.1, -0.05) is 31.0 Å². The maximum Gasteiger partial charge on any atom is 0.0642 e. The molecule has 0 aromatic heterocycles. The van der Waals surface area contributed by atoms with Crippen LogP contribution in [0.5, 0.6) is 0 Å². The number of benzene rings is 1. The summed E-state index contributed by atoms with van der Waals surface area (Å²) in [7, 11) is 0. The predicted octanol–water partition coefficient (Wildman–Crippen LogP) is 4.85. The van der Waals surface area contributed by atoms with Crippen LogP contribution in [0.25, 0.3) is 0 Å². The van der Waals surface area contributed by atoms with E-state index in [0.717, 1.165) is 30.3 Å². The summed E-state index contributed by atoms with van der Waals surface area (Å²) >= 11 is 6.46. The molecule has 0 radical (unpaired) electrons. The van der Waals surface area contributed by atoms with Gasteiger partial charge in [0, 0.05) is 25.2 Å². The monoisotopic (exact) mass is 296 g/mol. The Bertz CT molecular complexity index is 410. The summed E-state index contributed by atoms with van der Waals surface area (Å²) in [5.41, 5.74) is 2.52. The van der Waals surface area contributed by atoms with Crippen LogP contribution in [0.15, 0.2) is 18.2 Å². The largest absolute Gasteiger partial charge is 0.371 e. The van der Waals surface area contributed by atoms with E-state index in [1.54, 1.807) is 0 Å². The lowest BCUT2D eigenvalue weighted by Crippen LogP contribution is -2.35. The van der Waals surface area contributed by atoms with E-state index in [1.165, 1.54) is 18.4 Å². The summed E-state index contributed by atoms with van der Waals surface area (Å²) in [5.74, 6) is 0. The average Bonchev–Trinajstić information content (AvgIpc) is 2.38. The second-order valence-electron chi connectivity index (χ2n) is 6.32. The number of unbranched alkanes of at least 4 members (excludes halogenated alkanes) is 1. The molecule has 2 nitrogen and oxygen atoms in total. The van der Waals surface area contributed by atoms with Crippen molar-refractivity contribution < 1.29 is 0 Å². The highest BCUT2D eigenvalue weighted by molar-refractivity contribution is 6.33. The van der Waals surface area contributed by atoms with E-state index in [1.807, 2.05) is 0 Å². The van der Waals surface area contributed by atoms with Crippen molar-refractivity contribution in [1.82, 2.24) is 5.32 Å². The van der Waals surface area contributed by atoms with E-state index >= 15 is 0 Å². The number of hydrogen-bond acceptors (Lipinski definition) is 2. The molecule has 1 aromatic rings. The zero-order valence-corrected chi connectivity index (χ0v) is 14.3. The molecule has 0 atom stereocenters. The first kappa shape index (κ1) is 17.3. The van der Waals surface area contributed by atoms with Crippen molar-refractivity contribution in [2.45, 2.75) is 59.5 Å². The van der Waals surface area contributed by atoms with E-state index in [4.69, 9.17) is 11.6 Å². The number of rotatable bonds is 7. The smallest absolute Gasteiger partial charge is 0.0642 e. The molecular weight excluding hydrogens is 268 g/mol. The second-order valence-corrected chi connectivity index (χ2v) is 6.73. The van der Waals surface area contributed by atoms with Crippen LogP contribution in [0.1, 0.15) is 53.0 Å². The Morgan fingerprint density at radius 3 is 2.40 bits per heavy atom. The fourth-order valence-electron chi connectivity index (χ4n) is 2.08. The topological polar surface area (TPSA) is 15.3 Å². The summed E-state index contributed by atoms with van der Waals surface area (Å²) in [4.78, 5) is 2.35. The van der Waals surface area contributed by atoms with Crippen molar-refractivity contribution in [2.24, 2.45) is 0 Å². The highest BCUT2D eigenvalue weighted by Gasteiger charge is 2.11. The van der Waals surface area contributed by atoms with Gasteiger partial charge in [0.2, 0.25) is 0 Å². The van der Waals surface area contributed by atoms with Crippen molar-refractivity contribution in [3.8, 4) is 0 Å². The van der Waals surface area contributed by atoms with Gasteiger partial charge in [-0.05, 0) is 51.8 Å². The van der Waals surface area contributed by atoms with Crippen molar-refractivity contribution in [3.05, 3.63) is 28.8 Å². The third-order valence-corrected chi connectivity index (χ3v) is 3.64. The zero-order valence-electron chi connectivity index (χ0n) is 13.6. The molecule has 114 valence electrons. The van der Waals surface area contributed by atoms with E-state index < -0.39 is 0 Å². The number of anilines is 1. The summed E-state index contributed by atoms with van der Waals surface area (Å²) in [6.07, 6.45) is 2.42. The van der Waals surface area contributed by atoms with Crippen LogP contribution in [0.4, 0.5) is 5.69 Å². The van der Waals surface area contributed by atoms with Crippen LogP contribution in [-0.4, -0.2) is 18.6 Å². The summed E-state index contributed by atoms with van der Waals surface area (Å²) in [6.45, 7) is 13.8. The molecule has 1 aromatic carbocycles. The van der Waals surface area contributed by atoms with Crippen LogP contribution >= 0.6 is 11.6 Å². The molecule has 3 heteroatoms. The minimum absolute atomic E-state index is 0.127. The molecule has 1 rings (SSSR count). The highest BCUT2D eigenvalue weighted by Crippen LogP contribution is 2.27. The molecular formula is C17H29ClN2. The standard InChI is InChI=1S/C17H29ClN2/c1-6-8-11-20(7-2)16-10-9-14(12-15(16)18)13-19-17(3,4)5/h9-10,12,19H,6-8,11,13H2,1-5H3. The summed E-state index contributed by atoms with van der Waals surface area (Å²) < 4.78 is 0. The molecule has 1 N–H and O–H groups in total. The van der Waals surface area contributed by atoms with Crippen molar-refractivity contribution in [2.75, 3.05) is 18.0 Å². The zero-order chi connectivity index (χ0) is 15.2. The van der Waals surface area contributed by atoms with Crippen LogP contribution in [0.3, 0.4) is 0 Å². The van der Waals surface area contributed by atoms with Crippen LogP contribution < -0.4 is 10.2 Å². The Morgan fingerprint density at radius 1 is 1.20 bits per heavy atom. The average molecular weight is 297 g/mol. The molecule has 0 aliphatic rings. The Morgan fingerprint density at radius 2 is 1.90 bits per heavy atom. The third-order valence-electron chi connectivity index (χ3n) is 3.34. The quantitative estimate of drug-likeness (QED) is 0.773. The van der Waals surface area contributed by atoms with Gasteiger partial charge in [-0.2, -0.15) is 0 Å². The Labute approximate surface area is 129 Å². The molecule has 0 heterocycles. The van der Waals surface area contributed by atoms with Gasteiger partial charge in [-0.3, -0.25) is 0 Å². The highest BCUT2D eigenvalue weighted by atomic mass is 35.5. The molecule has 0 amide bonds.